The van der Waals surface area contributed by atoms with Crippen molar-refractivity contribution in [2.75, 3.05) is 6.79 Å². The van der Waals surface area contributed by atoms with Gasteiger partial charge in [0.1, 0.15) is 23.0 Å². The van der Waals surface area contributed by atoms with Gasteiger partial charge < -0.3 is 19.0 Å². The summed E-state index contributed by atoms with van der Waals surface area (Å²) in [6.07, 6.45) is 0.0607. The van der Waals surface area contributed by atoms with Gasteiger partial charge in [-0.05, 0) is 53.5 Å². The summed E-state index contributed by atoms with van der Waals surface area (Å²) in [4.78, 5) is 74.4. The molecule has 0 aromatic heterocycles. The maximum atomic E-state index is 12.9. The number of nitrogens with zero attached hydrogens (tertiary/aromatic N) is 1. The number of cyclic esters (lactones) is 1. The van der Waals surface area contributed by atoms with Crippen LogP contribution in [0.15, 0.2) is 11.3 Å². The molecule has 0 N–H and O–H groups in total. The Hall–Kier alpha value is -2.69. The van der Waals surface area contributed by atoms with Crippen LogP contribution in [0, 0.1) is 11.3 Å². The first-order valence-electron chi connectivity index (χ1n) is 11.0. The molecule has 0 aromatic rings. The first-order chi connectivity index (χ1) is 15.7. The van der Waals surface area contributed by atoms with Crippen LogP contribution in [0.4, 0.5) is 0 Å². The van der Waals surface area contributed by atoms with Crippen molar-refractivity contribution in [3.05, 3.63) is 11.3 Å². The van der Waals surface area contributed by atoms with E-state index in [1.54, 1.807) is 34.6 Å². The number of β-lactam (4-membered cyclic amide) rings is 1. The SMILES string of the molecule is CC(=O)C[C@@H]1C(=O)N(C(C(=O)OCOC(=O)C(C)(C)C)=C(C)C)[C@@H]1SC(=O)CC1CCC(=O)O1. The van der Waals surface area contributed by atoms with E-state index in [4.69, 9.17) is 14.2 Å². The lowest BCUT2D eigenvalue weighted by Gasteiger charge is -2.46. The quantitative estimate of drug-likeness (QED) is 0.202. The maximum Gasteiger partial charge on any atom is 0.357 e. The standard InChI is InChI=1S/C23H31NO9S/c1-12(2)18(21(29)31-11-32-22(30)23(4,5)6)24-19(28)15(9-13(3)25)20(24)34-17(27)10-14-7-8-16(26)33-14/h14-15,20H,7-11H2,1-6H3/t14?,15-,20-/m1/s1. The van der Waals surface area contributed by atoms with Gasteiger partial charge in [-0.1, -0.05) is 11.8 Å². The molecule has 1 amide bonds. The highest BCUT2D eigenvalue weighted by Crippen LogP contribution is 2.42. The molecule has 2 heterocycles. The summed E-state index contributed by atoms with van der Waals surface area (Å²) in [6, 6.07) is 0. The highest BCUT2D eigenvalue weighted by Gasteiger charge is 2.52. The van der Waals surface area contributed by atoms with E-state index in [-0.39, 0.29) is 41.8 Å². The van der Waals surface area contributed by atoms with Crippen molar-refractivity contribution in [1.82, 2.24) is 4.90 Å². The Balaban J connectivity index is 2.13. The van der Waals surface area contributed by atoms with Gasteiger partial charge in [0, 0.05) is 12.8 Å². The van der Waals surface area contributed by atoms with E-state index < -0.39 is 47.4 Å². The van der Waals surface area contributed by atoms with Crippen LogP contribution in [0.3, 0.4) is 0 Å². The summed E-state index contributed by atoms with van der Waals surface area (Å²) in [5, 5.41) is -1.12. The molecule has 188 valence electrons. The zero-order valence-corrected chi connectivity index (χ0v) is 21.1. The Bertz CT molecular complexity index is 914. The summed E-state index contributed by atoms with van der Waals surface area (Å²) in [7, 11) is 0. The van der Waals surface area contributed by atoms with Crippen LogP contribution in [-0.2, 0) is 43.0 Å². The summed E-state index contributed by atoms with van der Waals surface area (Å²) in [5.74, 6) is -3.30. The zero-order chi connectivity index (χ0) is 25.8. The lowest BCUT2D eigenvalue weighted by molar-refractivity contribution is -0.173. The van der Waals surface area contributed by atoms with Gasteiger partial charge in [0.2, 0.25) is 12.7 Å². The lowest BCUT2D eigenvalue weighted by atomic mass is 9.91. The number of ether oxygens (including phenoxy) is 3. The summed E-state index contributed by atoms with van der Waals surface area (Å²) < 4.78 is 15.1. The number of carbonyl (C=O) groups is 6. The Morgan fingerprint density at radius 1 is 1.06 bits per heavy atom. The number of amides is 1. The van der Waals surface area contributed by atoms with E-state index in [2.05, 4.69) is 0 Å². The molecule has 2 saturated heterocycles. The van der Waals surface area contributed by atoms with Crippen molar-refractivity contribution >= 4 is 46.5 Å². The van der Waals surface area contributed by atoms with Crippen molar-refractivity contribution in [3.8, 4) is 0 Å². The number of likely N-dealkylation sites (tertiary alicyclic amines) is 1. The number of carbonyl (C=O) groups excluding carboxylic acids is 6. The van der Waals surface area contributed by atoms with Crippen LogP contribution in [0.2, 0.25) is 0 Å². The van der Waals surface area contributed by atoms with E-state index in [1.807, 2.05) is 0 Å². The van der Waals surface area contributed by atoms with E-state index in [0.717, 1.165) is 16.7 Å². The van der Waals surface area contributed by atoms with Crippen molar-refractivity contribution < 1.29 is 43.0 Å². The molecule has 0 bridgehead atoms. The van der Waals surface area contributed by atoms with Gasteiger partial charge in [0.15, 0.2) is 5.12 Å². The van der Waals surface area contributed by atoms with Gasteiger partial charge in [-0.15, -0.1) is 0 Å². The number of esters is 3. The highest BCUT2D eigenvalue weighted by atomic mass is 32.2. The summed E-state index contributed by atoms with van der Waals surface area (Å²) in [5.41, 5.74) is -0.409. The molecule has 2 aliphatic rings. The summed E-state index contributed by atoms with van der Waals surface area (Å²) in [6.45, 7) is 8.87. The van der Waals surface area contributed by atoms with Crippen LogP contribution < -0.4 is 0 Å². The minimum Gasteiger partial charge on any atom is -0.462 e. The van der Waals surface area contributed by atoms with E-state index in [1.165, 1.54) is 6.92 Å². The third-order valence-corrected chi connectivity index (χ3v) is 6.39. The van der Waals surface area contributed by atoms with Gasteiger partial charge in [-0.2, -0.15) is 0 Å². The Kier molecular flexibility index (Phi) is 9.04. The largest absolute Gasteiger partial charge is 0.462 e. The van der Waals surface area contributed by atoms with Crippen LogP contribution >= 0.6 is 11.8 Å². The fourth-order valence-electron chi connectivity index (χ4n) is 3.45. The number of hydrogen-bond acceptors (Lipinski definition) is 10. The number of ketones is 1. The molecule has 2 fully saturated rings. The molecule has 0 aliphatic carbocycles. The molecule has 1 unspecified atom stereocenters. The van der Waals surface area contributed by atoms with Gasteiger partial charge in [0.25, 0.3) is 0 Å². The van der Waals surface area contributed by atoms with Crippen LogP contribution in [0.1, 0.15) is 67.2 Å². The molecule has 0 saturated carbocycles. The fraction of sp³-hybridized carbons (Fsp3) is 0.652. The second kappa shape index (κ2) is 11.2. The van der Waals surface area contributed by atoms with Gasteiger partial charge in [-0.3, -0.25) is 24.1 Å². The molecule has 2 aliphatic heterocycles. The number of thioether (sulfide) groups is 1. The number of Topliss-reactive ketones (excluding diaryl/α,β-unsaturated/α-hetero) is 1. The molecular formula is C23H31NO9S. The number of hydrogen-bond donors (Lipinski definition) is 0. The molecule has 11 heteroatoms. The van der Waals surface area contributed by atoms with Gasteiger partial charge in [-0.25, -0.2) is 4.79 Å². The Morgan fingerprint density at radius 3 is 2.21 bits per heavy atom. The fourth-order valence-corrected chi connectivity index (χ4v) is 4.70. The molecule has 10 nitrogen and oxygen atoms in total. The molecule has 34 heavy (non-hydrogen) atoms. The average Bonchev–Trinajstić information content (AvgIpc) is 3.12. The lowest BCUT2D eigenvalue weighted by Crippen LogP contribution is -2.60. The topological polar surface area (TPSA) is 133 Å². The molecule has 2 rings (SSSR count). The molecule has 3 atom stereocenters. The van der Waals surface area contributed by atoms with Crippen LogP contribution in [-0.4, -0.2) is 57.9 Å². The second-order valence-corrected chi connectivity index (χ2v) is 10.7. The molecular weight excluding hydrogens is 466 g/mol. The second-order valence-electron chi connectivity index (χ2n) is 9.54. The summed E-state index contributed by atoms with van der Waals surface area (Å²) >= 11 is 0.827. The molecule has 0 spiro atoms. The number of rotatable bonds is 9. The first-order valence-corrected chi connectivity index (χ1v) is 11.8. The smallest absolute Gasteiger partial charge is 0.357 e. The third kappa shape index (κ3) is 6.91. The van der Waals surface area contributed by atoms with Crippen molar-refractivity contribution in [2.45, 2.75) is 78.7 Å². The van der Waals surface area contributed by atoms with Crippen LogP contribution in [0.5, 0.6) is 0 Å². The number of allylic oxidation sites excluding steroid dienone is 1. The van der Waals surface area contributed by atoms with E-state index >= 15 is 0 Å². The predicted octanol–water partition coefficient (Wildman–Crippen LogP) is 2.49. The molecule has 0 aromatic carbocycles. The maximum absolute atomic E-state index is 12.9. The van der Waals surface area contributed by atoms with Crippen molar-refractivity contribution in [1.29, 1.82) is 0 Å². The normalized spacial score (nSPS) is 21.9. The predicted molar refractivity (Wildman–Crippen MR) is 121 cm³/mol. The van der Waals surface area contributed by atoms with Crippen molar-refractivity contribution in [2.24, 2.45) is 11.3 Å². The monoisotopic (exact) mass is 497 g/mol. The van der Waals surface area contributed by atoms with E-state index in [9.17, 15) is 28.8 Å². The van der Waals surface area contributed by atoms with Crippen molar-refractivity contribution in [3.63, 3.8) is 0 Å². The Labute approximate surface area is 202 Å². The van der Waals surface area contributed by atoms with Gasteiger partial charge >= 0.3 is 17.9 Å². The minimum atomic E-state index is -0.890. The average molecular weight is 498 g/mol. The Morgan fingerprint density at radius 2 is 1.71 bits per heavy atom. The third-order valence-electron chi connectivity index (χ3n) is 5.18. The minimum absolute atomic E-state index is 0.0287. The first kappa shape index (κ1) is 27.6. The van der Waals surface area contributed by atoms with Gasteiger partial charge in [0.05, 0.1) is 17.8 Å². The molecule has 0 radical (unpaired) electrons. The zero-order valence-electron chi connectivity index (χ0n) is 20.3. The highest BCUT2D eigenvalue weighted by molar-refractivity contribution is 8.14. The van der Waals surface area contributed by atoms with E-state index in [0.29, 0.717) is 12.0 Å². The van der Waals surface area contributed by atoms with Crippen LogP contribution in [0.25, 0.3) is 0 Å².